The zero-order valence-electron chi connectivity index (χ0n) is 10.3. The minimum atomic E-state index is 0.0519. The Morgan fingerprint density at radius 3 is 2.53 bits per heavy atom. The van der Waals surface area contributed by atoms with Gasteiger partial charge in [-0.1, -0.05) is 13.8 Å². The first-order valence-corrected chi connectivity index (χ1v) is 5.99. The molecule has 0 amide bonds. The Kier molecular flexibility index (Phi) is 5.03. The first-order valence-electron chi connectivity index (χ1n) is 5.99. The smallest absolute Gasteiger partial charge is 0.0589 e. The van der Waals surface area contributed by atoms with Crippen molar-refractivity contribution in [3.05, 3.63) is 0 Å². The summed E-state index contributed by atoms with van der Waals surface area (Å²) < 4.78 is 5.13. The van der Waals surface area contributed by atoms with Crippen LogP contribution in [0.3, 0.4) is 0 Å². The molecule has 3 nitrogen and oxygen atoms in total. The molecule has 0 radical (unpaired) electrons. The number of ether oxygens (including phenoxy) is 1. The Labute approximate surface area is 93.4 Å². The average molecular weight is 215 g/mol. The number of rotatable bonds is 8. The maximum absolute atomic E-state index is 9.40. The molecule has 3 heteroatoms. The summed E-state index contributed by atoms with van der Waals surface area (Å²) in [6, 6.07) is 0.748. The van der Waals surface area contributed by atoms with Gasteiger partial charge < -0.3 is 9.84 Å². The summed E-state index contributed by atoms with van der Waals surface area (Å²) >= 11 is 0. The zero-order chi connectivity index (χ0) is 11.3. The van der Waals surface area contributed by atoms with Crippen LogP contribution < -0.4 is 0 Å². The van der Waals surface area contributed by atoms with Gasteiger partial charge >= 0.3 is 0 Å². The molecule has 0 spiro atoms. The van der Waals surface area contributed by atoms with Crippen LogP contribution in [-0.2, 0) is 4.74 Å². The van der Waals surface area contributed by atoms with E-state index in [-0.39, 0.29) is 12.0 Å². The molecule has 0 aromatic rings. The number of hydrogen-bond donors (Lipinski definition) is 1. The van der Waals surface area contributed by atoms with Gasteiger partial charge in [0.25, 0.3) is 0 Å². The molecule has 0 bridgehead atoms. The van der Waals surface area contributed by atoms with E-state index in [0.717, 1.165) is 32.2 Å². The highest BCUT2D eigenvalue weighted by molar-refractivity contribution is 4.88. The van der Waals surface area contributed by atoms with Crippen LogP contribution in [0, 0.1) is 5.41 Å². The molecule has 0 aromatic heterocycles. The van der Waals surface area contributed by atoms with Crippen molar-refractivity contribution in [1.82, 2.24) is 4.90 Å². The lowest BCUT2D eigenvalue weighted by Gasteiger charge is -2.33. The van der Waals surface area contributed by atoms with E-state index in [1.165, 1.54) is 12.8 Å². The summed E-state index contributed by atoms with van der Waals surface area (Å²) in [5.74, 6) is 0. The predicted molar refractivity (Wildman–Crippen MR) is 62.0 cm³/mol. The average Bonchev–Trinajstić information content (AvgIpc) is 3.07. The van der Waals surface area contributed by atoms with Crippen molar-refractivity contribution in [1.29, 1.82) is 0 Å². The quantitative estimate of drug-likeness (QED) is 0.666. The highest BCUT2D eigenvalue weighted by atomic mass is 16.5. The first kappa shape index (κ1) is 12.9. The third kappa shape index (κ3) is 4.09. The maximum Gasteiger partial charge on any atom is 0.0589 e. The number of methoxy groups -OCH3 is 1. The van der Waals surface area contributed by atoms with E-state index in [1.54, 1.807) is 7.11 Å². The van der Waals surface area contributed by atoms with E-state index >= 15 is 0 Å². The molecule has 1 atom stereocenters. The summed E-state index contributed by atoms with van der Waals surface area (Å²) in [6.07, 6.45) is 3.66. The monoisotopic (exact) mass is 215 g/mol. The molecule has 1 fully saturated rings. The number of hydrogen-bond acceptors (Lipinski definition) is 3. The van der Waals surface area contributed by atoms with Crippen molar-refractivity contribution >= 4 is 0 Å². The molecule has 1 rings (SSSR count). The minimum absolute atomic E-state index is 0.0519. The van der Waals surface area contributed by atoms with Gasteiger partial charge in [-0.25, -0.2) is 0 Å². The zero-order valence-corrected chi connectivity index (χ0v) is 10.3. The van der Waals surface area contributed by atoms with Gasteiger partial charge in [0.1, 0.15) is 0 Å². The van der Waals surface area contributed by atoms with Gasteiger partial charge in [-0.2, -0.15) is 0 Å². The molecule has 1 unspecified atom stereocenters. The van der Waals surface area contributed by atoms with E-state index in [0.29, 0.717) is 0 Å². The van der Waals surface area contributed by atoms with E-state index in [2.05, 4.69) is 18.7 Å². The van der Waals surface area contributed by atoms with Gasteiger partial charge in [0, 0.05) is 38.3 Å². The number of aliphatic hydroxyl groups is 1. The van der Waals surface area contributed by atoms with Gasteiger partial charge in [0.15, 0.2) is 0 Å². The lowest BCUT2D eigenvalue weighted by Crippen LogP contribution is -2.40. The standard InChI is InChI=1S/C12H25NO2/c1-4-12(2,10-14)9-13(7-8-15-3)11-5-6-11/h11,14H,4-10H2,1-3H3. The van der Waals surface area contributed by atoms with Crippen molar-refractivity contribution in [3.8, 4) is 0 Å². The highest BCUT2D eigenvalue weighted by Gasteiger charge is 2.33. The molecule has 0 aromatic carbocycles. The molecular weight excluding hydrogens is 190 g/mol. The van der Waals surface area contributed by atoms with E-state index in [9.17, 15) is 5.11 Å². The highest BCUT2D eigenvalue weighted by Crippen LogP contribution is 2.31. The molecular formula is C12H25NO2. The van der Waals surface area contributed by atoms with Crippen LogP contribution >= 0.6 is 0 Å². The van der Waals surface area contributed by atoms with Crippen LogP contribution in [0.15, 0.2) is 0 Å². The second kappa shape index (κ2) is 5.83. The molecule has 0 heterocycles. The van der Waals surface area contributed by atoms with Crippen molar-refractivity contribution < 1.29 is 9.84 Å². The fourth-order valence-electron chi connectivity index (χ4n) is 1.80. The lowest BCUT2D eigenvalue weighted by molar-refractivity contribution is 0.0643. The third-order valence-corrected chi connectivity index (χ3v) is 3.47. The Morgan fingerprint density at radius 1 is 1.47 bits per heavy atom. The molecule has 1 N–H and O–H groups in total. The van der Waals surface area contributed by atoms with Gasteiger partial charge in [0.05, 0.1) is 6.61 Å². The fraction of sp³-hybridized carbons (Fsp3) is 1.00. The molecule has 0 saturated heterocycles. The van der Waals surface area contributed by atoms with Crippen molar-refractivity contribution in [3.63, 3.8) is 0 Å². The molecule has 90 valence electrons. The normalized spacial score (nSPS) is 20.6. The second-order valence-electron chi connectivity index (χ2n) is 5.02. The molecule has 1 aliphatic rings. The summed E-state index contributed by atoms with van der Waals surface area (Å²) in [6.45, 7) is 7.37. The lowest BCUT2D eigenvalue weighted by atomic mass is 9.88. The Bertz CT molecular complexity index is 176. The Hall–Kier alpha value is -0.120. The van der Waals surface area contributed by atoms with Gasteiger partial charge in [-0.3, -0.25) is 4.90 Å². The number of aliphatic hydroxyl groups excluding tert-OH is 1. The third-order valence-electron chi connectivity index (χ3n) is 3.47. The molecule has 15 heavy (non-hydrogen) atoms. The van der Waals surface area contributed by atoms with Crippen LogP contribution in [0.2, 0.25) is 0 Å². The van der Waals surface area contributed by atoms with Crippen molar-refractivity contribution in [2.75, 3.05) is 33.4 Å². The van der Waals surface area contributed by atoms with E-state index < -0.39 is 0 Å². The topological polar surface area (TPSA) is 32.7 Å². The Balaban J connectivity index is 2.41. The molecule has 1 aliphatic carbocycles. The van der Waals surface area contributed by atoms with Crippen LogP contribution in [0.25, 0.3) is 0 Å². The van der Waals surface area contributed by atoms with Crippen LogP contribution in [0.4, 0.5) is 0 Å². The van der Waals surface area contributed by atoms with Crippen LogP contribution in [0.1, 0.15) is 33.1 Å². The van der Waals surface area contributed by atoms with Gasteiger partial charge in [-0.05, 0) is 19.3 Å². The largest absolute Gasteiger partial charge is 0.396 e. The molecule has 0 aliphatic heterocycles. The predicted octanol–water partition coefficient (Wildman–Crippen LogP) is 1.51. The summed E-state index contributed by atoms with van der Waals surface area (Å²) in [4.78, 5) is 2.48. The first-order chi connectivity index (χ1) is 7.15. The second-order valence-corrected chi connectivity index (χ2v) is 5.02. The summed E-state index contributed by atoms with van der Waals surface area (Å²) in [5.41, 5.74) is 0.0519. The van der Waals surface area contributed by atoms with Gasteiger partial charge in [0.2, 0.25) is 0 Å². The maximum atomic E-state index is 9.40. The fourth-order valence-corrected chi connectivity index (χ4v) is 1.80. The Morgan fingerprint density at radius 2 is 2.13 bits per heavy atom. The summed E-state index contributed by atoms with van der Waals surface area (Å²) in [7, 11) is 1.75. The van der Waals surface area contributed by atoms with Crippen LogP contribution in [-0.4, -0.2) is 49.5 Å². The number of nitrogens with zero attached hydrogens (tertiary/aromatic N) is 1. The SMILES string of the molecule is CCC(C)(CO)CN(CCOC)C1CC1. The minimum Gasteiger partial charge on any atom is -0.396 e. The molecule has 1 saturated carbocycles. The van der Waals surface area contributed by atoms with Crippen molar-refractivity contribution in [2.24, 2.45) is 5.41 Å². The van der Waals surface area contributed by atoms with Crippen molar-refractivity contribution in [2.45, 2.75) is 39.2 Å². The summed E-state index contributed by atoms with van der Waals surface area (Å²) in [5, 5.41) is 9.40. The van der Waals surface area contributed by atoms with Crippen LogP contribution in [0.5, 0.6) is 0 Å². The van der Waals surface area contributed by atoms with Gasteiger partial charge in [-0.15, -0.1) is 0 Å². The van der Waals surface area contributed by atoms with E-state index in [1.807, 2.05) is 0 Å². The van der Waals surface area contributed by atoms with E-state index in [4.69, 9.17) is 4.74 Å².